The van der Waals surface area contributed by atoms with E-state index in [4.69, 9.17) is 0 Å². The summed E-state index contributed by atoms with van der Waals surface area (Å²) in [5.41, 5.74) is 0. The molecule has 0 fully saturated rings. The monoisotopic (exact) mass is 285 g/mol. The highest BCUT2D eigenvalue weighted by atomic mass is 16.2. The van der Waals surface area contributed by atoms with Crippen molar-refractivity contribution < 1.29 is 9.59 Å². The third-order valence-corrected chi connectivity index (χ3v) is 3.32. The minimum atomic E-state index is -0.372. The van der Waals surface area contributed by atoms with Crippen LogP contribution >= 0.6 is 0 Å². The lowest BCUT2D eigenvalue weighted by Gasteiger charge is -2.24. The van der Waals surface area contributed by atoms with E-state index in [-0.39, 0.29) is 23.7 Å². The first kappa shape index (κ1) is 19.1. The number of carbonyl (C=O) groups excluding carboxylic acids is 2. The molecule has 1 amide bonds. The van der Waals surface area contributed by atoms with Crippen molar-refractivity contribution in [3.63, 3.8) is 0 Å². The van der Waals surface area contributed by atoms with Crippen molar-refractivity contribution in [2.75, 3.05) is 40.3 Å². The molecule has 0 aromatic heterocycles. The Balaban J connectivity index is 4.23. The van der Waals surface area contributed by atoms with Gasteiger partial charge in [0.05, 0.1) is 12.6 Å². The first-order chi connectivity index (χ1) is 9.27. The third kappa shape index (κ3) is 8.27. The second-order valence-corrected chi connectivity index (χ2v) is 5.93. The summed E-state index contributed by atoms with van der Waals surface area (Å²) in [6.07, 6.45) is 1.04. The normalized spacial score (nSPS) is 13.1. The zero-order valence-electron chi connectivity index (χ0n) is 13.9. The predicted octanol–water partition coefficient (Wildman–Crippen LogP) is 0.990. The van der Waals surface area contributed by atoms with Gasteiger partial charge >= 0.3 is 0 Å². The lowest BCUT2D eigenvalue weighted by molar-refractivity contribution is -0.128. The molecule has 0 radical (unpaired) electrons. The highest BCUT2D eigenvalue weighted by molar-refractivity contribution is 5.88. The molecule has 0 aromatic rings. The molecule has 0 rings (SSSR count). The minimum Gasteiger partial charge on any atom is -0.345 e. The molecule has 0 aliphatic heterocycles. The Labute approximate surface area is 123 Å². The zero-order valence-corrected chi connectivity index (χ0v) is 13.9. The SMILES string of the molecule is CCN(CCCN(C)C)CC(=O)NC(C(C)=O)C(C)C. The molecule has 1 atom stereocenters. The van der Waals surface area contributed by atoms with Crippen molar-refractivity contribution >= 4 is 11.7 Å². The molecule has 0 heterocycles. The molecule has 0 aromatic carbocycles. The quantitative estimate of drug-likeness (QED) is 0.650. The fraction of sp³-hybridized carbons (Fsp3) is 0.867. The Morgan fingerprint density at radius 1 is 1.15 bits per heavy atom. The van der Waals surface area contributed by atoms with Crippen molar-refractivity contribution in [3.8, 4) is 0 Å². The van der Waals surface area contributed by atoms with Crippen LogP contribution in [0.3, 0.4) is 0 Å². The number of hydrogen-bond donors (Lipinski definition) is 1. The fourth-order valence-electron chi connectivity index (χ4n) is 2.12. The van der Waals surface area contributed by atoms with Crippen molar-refractivity contribution in [2.45, 2.75) is 40.2 Å². The van der Waals surface area contributed by atoms with E-state index in [1.807, 2.05) is 34.9 Å². The molecular formula is C15H31N3O2. The van der Waals surface area contributed by atoms with Crippen LogP contribution in [0, 0.1) is 5.92 Å². The lowest BCUT2D eigenvalue weighted by atomic mass is 10.0. The Kier molecular flexibility index (Phi) is 9.42. The van der Waals surface area contributed by atoms with E-state index >= 15 is 0 Å². The molecule has 0 aliphatic carbocycles. The molecule has 0 aliphatic rings. The molecule has 1 unspecified atom stereocenters. The average molecular weight is 285 g/mol. The van der Waals surface area contributed by atoms with E-state index in [9.17, 15) is 9.59 Å². The Morgan fingerprint density at radius 3 is 2.15 bits per heavy atom. The van der Waals surface area contributed by atoms with Gasteiger partial charge in [0, 0.05) is 0 Å². The van der Waals surface area contributed by atoms with Gasteiger partial charge in [-0.15, -0.1) is 0 Å². The molecule has 0 spiro atoms. The smallest absolute Gasteiger partial charge is 0.234 e. The highest BCUT2D eigenvalue weighted by Crippen LogP contribution is 2.03. The van der Waals surface area contributed by atoms with Gasteiger partial charge in [0.15, 0.2) is 5.78 Å². The average Bonchev–Trinajstić information content (AvgIpc) is 2.33. The Morgan fingerprint density at radius 2 is 1.75 bits per heavy atom. The van der Waals surface area contributed by atoms with Crippen molar-refractivity contribution in [2.24, 2.45) is 5.92 Å². The Hall–Kier alpha value is -0.940. The van der Waals surface area contributed by atoms with Crippen LogP contribution in [0.4, 0.5) is 0 Å². The molecule has 20 heavy (non-hydrogen) atoms. The van der Waals surface area contributed by atoms with E-state index < -0.39 is 0 Å². The van der Waals surface area contributed by atoms with Crippen molar-refractivity contribution in [1.82, 2.24) is 15.1 Å². The van der Waals surface area contributed by atoms with Crippen LogP contribution in [-0.4, -0.2) is 67.8 Å². The number of ketones is 1. The maximum Gasteiger partial charge on any atom is 0.234 e. The van der Waals surface area contributed by atoms with Crippen LogP contribution in [0.25, 0.3) is 0 Å². The van der Waals surface area contributed by atoms with E-state index in [0.717, 1.165) is 26.1 Å². The maximum absolute atomic E-state index is 12.0. The van der Waals surface area contributed by atoms with E-state index in [1.54, 1.807) is 0 Å². The number of nitrogens with zero attached hydrogens (tertiary/aromatic N) is 2. The molecule has 0 saturated heterocycles. The van der Waals surface area contributed by atoms with E-state index in [2.05, 4.69) is 15.1 Å². The van der Waals surface area contributed by atoms with Gasteiger partial charge in [-0.05, 0) is 53.0 Å². The van der Waals surface area contributed by atoms with Crippen molar-refractivity contribution in [3.05, 3.63) is 0 Å². The van der Waals surface area contributed by atoms with Crippen LogP contribution in [-0.2, 0) is 9.59 Å². The first-order valence-electron chi connectivity index (χ1n) is 7.44. The summed E-state index contributed by atoms with van der Waals surface area (Å²) in [4.78, 5) is 27.7. The molecule has 0 bridgehead atoms. The van der Waals surface area contributed by atoms with Gasteiger partial charge in [0.25, 0.3) is 0 Å². The first-order valence-corrected chi connectivity index (χ1v) is 7.44. The predicted molar refractivity (Wildman–Crippen MR) is 82.7 cm³/mol. The summed E-state index contributed by atoms with van der Waals surface area (Å²) in [5, 5.41) is 2.84. The molecule has 0 saturated carbocycles. The lowest BCUT2D eigenvalue weighted by Crippen LogP contribution is -2.47. The number of hydrogen-bond acceptors (Lipinski definition) is 4. The van der Waals surface area contributed by atoms with Gasteiger partial charge in [0.2, 0.25) is 5.91 Å². The summed E-state index contributed by atoms with van der Waals surface area (Å²) >= 11 is 0. The van der Waals surface area contributed by atoms with Gasteiger partial charge in [-0.1, -0.05) is 20.8 Å². The summed E-state index contributed by atoms with van der Waals surface area (Å²) in [7, 11) is 4.09. The van der Waals surface area contributed by atoms with Gasteiger partial charge in [-0.2, -0.15) is 0 Å². The molecule has 118 valence electrons. The largest absolute Gasteiger partial charge is 0.345 e. The Bertz CT molecular complexity index is 303. The van der Waals surface area contributed by atoms with E-state index in [1.165, 1.54) is 6.92 Å². The molecule has 5 heteroatoms. The number of rotatable bonds is 10. The van der Waals surface area contributed by atoms with Gasteiger partial charge in [0.1, 0.15) is 0 Å². The van der Waals surface area contributed by atoms with Crippen LogP contribution in [0.1, 0.15) is 34.1 Å². The minimum absolute atomic E-state index is 0.0176. The second-order valence-electron chi connectivity index (χ2n) is 5.93. The summed E-state index contributed by atoms with van der Waals surface area (Å²) < 4.78 is 0. The summed E-state index contributed by atoms with van der Waals surface area (Å²) in [6.45, 7) is 10.6. The standard InChI is InChI=1S/C15H31N3O2/c1-7-18(10-8-9-17(5)6)11-14(20)16-15(12(2)3)13(4)19/h12,15H,7-11H2,1-6H3,(H,16,20). The second kappa shape index (κ2) is 9.88. The van der Waals surface area contributed by atoms with E-state index in [0.29, 0.717) is 6.54 Å². The molecule has 5 nitrogen and oxygen atoms in total. The number of amides is 1. The van der Waals surface area contributed by atoms with Crippen LogP contribution < -0.4 is 5.32 Å². The van der Waals surface area contributed by atoms with Crippen molar-refractivity contribution in [1.29, 1.82) is 0 Å². The number of Topliss-reactive ketones (excluding diaryl/α,β-unsaturated/α-hetero) is 1. The molecular weight excluding hydrogens is 254 g/mol. The summed E-state index contributed by atoms with van der Waals surface area (Å²) in [6, 6.07) is -0.372. The number of carbonyl (C=O) groups is 2. The number of nitrogens with one attached hydrogen (secondary N) is 1. The van der Waals surface area contributed by atoms with Crippen LogP contribution in [0.2, 0.25) is 0 Å². The fourth-order valence-corrected chi connectivity index (χ4v) is 2.12. The summed E-state index contributed by atoms with van der Waals surface area (Å²) in [5.74, 6) is 0.0786. The third-order valence-electron chi connectivity index (χ3n) is 3.32. The van der Waals surface area contributed by atoms with Crippen LogP contribution in [0.5, 0.6) is 0 Å². The van der Waals surface area contributed by atoms with Gasteiger partial charge in [-0.25, -0.2) is 0 Å². The maximum atomic E-state index is 12.0. The van der Waals surface area contributed by atoms with Crippen LogP contribution in [0.15, 0.2) is 0 Å². The van der Waals surface area contributed by atoms with Gasteiger partial charge in [-0.3, -0.25) is 14.5 Å². The molecule has 1 N–H and O–H groups in total. The number of likely N-dealkylation sites (N-methyl/N-ethyl adjacent to an activating group) is 1. The van der Waals surface area contributed by atoms with Gasteiger partial charge < -0.3 is 10.2 Å². The zero-order chi connectivity index (χ0) is 15.7. The topological polar surface area (TPSA) is 52.6 Å². The highest BCUT2D eigenvalue weighted by Gasteiger charge is 2.21.